The molecule has 2 heterocycles. The van der Waals surface area contributed by atoms with Crippen molar-refractivity contribution in [2.24, 2.45) is 5.41 Å². The minimum atomic E-state index is -0.306. The lowest BCUT2D eigenvalue weighted by Gasteiger charge is -2.58. The molecule has 2 aromatic rings. The van der Waals surface area contributed by atoms with E-state index in [1.165, 1.54) is 6.42 Å². The Kier molecular flexibility index (Phi) is 5.93. The van der Waals surface area contributed by atoms with Gasteiger partial charge in [0.05, 0.1) is 17.7 Å². The van der Waals surface area contributed by atoms with Crippen LogP contribution in [-0.4, -0.2) is 44.5 Å². The van der Waals surface area contributed by atoms with Crippen molar-refractivity contribution in [3.05, 3.63) is 53.9 Å². The fourth-order valence-electron chi connectivity index (χ4n) is 5.22. The van der Waals surface area contributed by atoms with E-state index in [0.29, 0.717) is 13.1 Å². The Morgan fingerprint density at radius 1 is 1.17 bits per heavy atom. The van der Waals surface area contributed by atoms with E-state index in [-0.39, 0.29) is 29.8 Å². The Hall–Kier alpha value is -2.63. The first-order valence-electron chi connectivity index (χ1n) is 11.2. The summed E-state index contributed by atoms with van der Waals surface area (Å²) >= 11 is 0. The number of benzene rings is 1. The summed E-state index contributed by atoms with van der Waals surface area (Å²) in [7, 11) is 0. The molecular formula is C24H32N4O2. The van der Waals surface area contributed by atoms with Crippen LogP contribution in [0.25, 0.3) is 0 Å². The number of hydrogen-bond donors (Lipinski definition) is 0. The molecule has 1 aromatic carbocycles. The van der Waals surface area contributed by atoms with Crippen LogP contribution in [0.2, 0.25) is 0 Å². The molecule has 0 N–H and O–H groups in total. The molecule has 1 aliphatic heterocycles. The second-order valence-corrected chi connectivity index (χ2v) is 8.58. The number of likely N-dealkylation sites (tertiary alicyclic amines) is 1. The van der Waals surface area contributed by atoms with Gasteiger partial charge in [0.1, 0.15) is 6.54 Å². The summed E-state index contributed by atoms with van der Waals surface area (Å²) in [5, 5.41) is 4.30. The topological polar surface area (TPSA) is 58.4 Å². The number of amides is 2. The number of carbonyl (C=O) groups is 2. The van der Waals surface area contributed by atoms with Crippen molar-refractivity contribution in [3.63, 3.8) is 0 Å². The van der Waals surface area contributed by atoms with Crippen LogP contribution in [-0.2, 0) is 22.7 Å². The molecule has 30 heavy (non-hydrogen) atoms. The third-order valence-corrected chi connectivity index (χ3v) is 6.81. The highest BCUT2D eigenvalue weighted by molar-refractivity contribution is 5.94. The molecule has 1 aliphatic carbocycles. The summed E-state index contributed by atoms with van der Waals surface area (Å²) in [6.45, 7) is 6.12. The average molecular weight is 409 g/mol. The average Bonchev–Trinajstić information content (AvgIpc) is 3.25. The molecule has 1 saturated carbocycles. The number of β-lactam (4-membered cyclic amide) rings is 1. The molecule has 6 nitrogen and oxygen atoms in total. The maximum Gasteiger partial charge on any atom is 0.242 e. The minimum Gasteiger partial charge on any atom is -0.337 e. The quantitative estimate of drug-likeness (QED) is 0.655. The van der Waals surface area contributed by atoms with Crippen molar-refractivity contribution in [3.8, 4) is 0 Å². The van der Waals surface area contributed by atoms with Gasteiger partial charge in [-0.3, -0.25) is 14.3 Å². The van der Waals surface area contributed by atoms with Crippen molar-refractivity contribution in [1.29, 1.82) is 0 Å². The van der Waals surface area contributed by atoms with E-state index in [0.717, 1.165) is 43.4 Å². The molecule has 2 aliphatic rings. The zero-order valence-electron chi connectivity index (χ0n) is 18.1. The minimum absolute atomic E-state index is 0.00156. The molecule has 1 atom stereocenters. The Morgan fingerprint density at radius 2 is 1.90 bits per heavy atom. The summed E-state index contributed by atoms with van der Waals surface area (Å²) in [4.78, 5) is 30.1. The van der Waals surface area contributed by atoms with E-state index in [4.69, 9.17) is 0 Å². The molecule has 1 spiro atoms. The van der Waals surface area contributed by atoms with E-state index in [1.54, 1.807) is 0 Å². The molecule has 6 heteroatoms. The standard InChI is InChI=1S/C24H32N4O2/c1-3-26(16-19-15-25-27(4-2)17-19)21(29)18-28-22(20-11-7-5-8-12-20)24(23(28)30)13-9-6-10-14-24/h5,7-8,11-12,15,17,22H,3-4,6,9-10,13-14,16,18H2,1-2H3. The number of rotatable bonds is 7. The first kappa shape index (κ1) is 20.6. The lowest BCUT2D eigenvalue weighted by Crippen LogP contribution is -2.65. The molecule has 0 bridgehead atoms. The third-order valence-electron chi connectivity index (χ3n) is 6.81. The van der Waals surface area contributed by atoms with Crippen molar-refractivity contribution in [1.82, 2.24) is 19.6 Å². The van der Waals surface area contributed by atoms with Crippen LogP contribution in [0.5, 0.6) is 0 Å². The van der Waals surface area contributed by atoms with Crippen LogP contribution in [0.3, 0.4) is 0 Å². The van der Waals surface area contributed by atoms with Gasteiger partial charge in [0.15, 0.2) is 0 Å². The first-order chi connectivity index (χ1) is 14.6. The van der Waals surface area contributed by atoms with Gasteiger partial charge in [-0.05, 0) is 32.3 Å². The fourth-order valence-corrected chi connectivity index (χ4v) is 5.22. The molecular weight excluding hydrogens is 376 g/mol. The molecule has 1 saturated heterocycles. The lowest BCUT2D eigenvalue weighted by atomic mass is 9.60. The number of aryl methyl sites for hydroxylation is 1. The Labute approximate surface area is 178 Å². The summed E-state index contributed by atoms with van der Waals surface area (Å²) in [6, 6.07) is 10.3. The summed E-state index contributed by atoms with van der Waals surface area (Å²) in [5.41, 5.74) is 1.86. The zero-order valence-corrected chi connectivity index (χ0v) is 18.1. The van der Waals surface area contributed by atoms with Gasteiger partial charge < -0.3 is 9.80 Å². The second kappa shape index (κ2) is 8.62. The summed E-state index contributed by atoms with van der Waals surface area (Å²) in [6.07, 6.45) is 9.06. The molecule has 2 fully saturated rings. The number of hydrogen-bond acceptors (Lipinski definition) is 3. The number of likely N-dealkylation sites (N-methyl/N-ethyl adjacent to an activating group) is 1. The van der Waals surface area contributed by atoms with Crippen LogP contribution in [0.1, 0.15) is 63.1 Å². The smallest absolute Gasteiger partial charge is 0.242 e. The van der Waals surface area contributed by atoms with Gasteiger partial charge in [0.25, 0.3) is 0 Å². The SMILES string of the molecule is CCN(Cc1cnn(CC)c1)C(=O)CN1C(=O)C2(CCCCC2)C1c1ccccc1. The molecule has 1 aromatic heterocycles. The van der Waals surface area contributed by atoms with Gasteiger partial charge >= 0.3 is 0 Å². The first-order valence-corrected chi connectivity index (χ1v) is 11.2. The maximum absolute atomic E-state index is 13.3. The van der Waals surface area contributed by atoms with E-state index in [1.807, 2.05) is 58.9 Å². The van der Waals surface area contributed by atoms with E-state index in [9.17, 15) is 9.59 Å². The second-order valence-electron chi connectivity index (χ2n) is 8.58. The van der Waals surface area contributed by atoms with Gasteiger partial charge in [-0.15, -0.1) is 0 Å². The normalized spacial score (nSPS) is 20.3. The zero-order chi connectivity index (χ0) is 21.1. The van der Waals surface area contributed by atoms with Crippen molar-refractivity contribution < 1.29 is 9.59 Å². The largest absolute Gasteiger partial charge is 0.337 e. The van der Waals surface area contributed by atoms with Gasteiger partial charge in [-0.1, -0.05) is 49.6 Å². The predicted molar refractivity (Wildman–Crippen MR) is 115 cm³/mol. The third kappa shape index (κ3) is 3.64. The maximum atomic E-state index is 13.3. The predicted octanol–water partition coefficient (Wildman–Crippen LogP) is 3.79. The van der Waals surface area contributed by atoms with Crippen LogP contribution < -0.4 is 0 Å². The van der Waals surface area contributed by atoms with Crippen molar-refractivity contribution in [2.45, 2.75) is 65.1 Å². The summed E-state index contributed by atoms with van der Waals surface area (Å²) < 4.78 is 1.87. The Morgan fingerprint density at radius 3 is 2.53 bits per heavy atom. The Bertz CT molecular complexity index is 886. The number of carbonyl (C=O) groups excluding carboxylic acids is 2. The van der Waals surface area contributed by atoms with E-state index in [2.05, 4.69) is 17.2 Å². The summed E-state index contributed by atoms with van der Waals surface area (Å²) in [5.74, 6) is 0.168. The highest BCUT2D eigenvalue weighted by atomic mass is 16.2. The van der Waals surface area contributed by atoms with Crippen LogP contribution >= 0.6 is 0 Å². The van der Waals surface area contributed by atoms with Gasteiger partial charge in [-0.25, -0.2) is 0 Å². The Balaban J connectivity index is 1.51. The molecule has 2 amide bonds. The fraction of sp³-hybridized carbons (Fsp3) is 0.542. The number of aromatic nitrogens is 2. The van der Waals surface area contributed by atoms with Crippen molar-refractivity contribution in [2.75, 3.05) is 13.1 Å². The van der Waals surface area contributed by atoms with E-state index >= 15 is 0 Å². The molecule has 1 unspecified atom stereocenters. The monoisotopic (exact) mass is 408 g/mol. The van der Waals surface area contributed by atoms with Crippen molar-refractivity contribution >= 4 is 11.8 Å². The molecule has 0 radical (unpaired) electrons. The lowest BCUT2D eigenvalue weighted by molar-refractivity contribution is -0.181. The van der Waals surface area contributed by atoms with Gasteiger partial charge in [-0.2, -0.15) is 5.10 Å². The van der Waals surface area contributed by atoms with Gasteiger partial charge in [0, 0.05) is 31.4 Å². The number of nitrogens with zero attached hydrogens (tertiary/aromatic N) is 4. The molecule has 160 valence electrons. The van der Waals surface area contributed by atoms with Crippen LogP contribution in [0.15, 0.2) is 42.7 Å². The van der Waals surface area contributed by atoms with Crippen LogP contribution in [0.4, 0.5) is 0 Å². The van der Waals surface area contributed by atoms with E-state index < -0.39 is 0 Å². The highest BCUT2D eigenvalue weighted by Crippen LogP contribution is 2.57. The highest BCUT2D eigenvalue weighted by Gasteiger charge is 2.60. The molecule has 4 rings (SSSR count). The van der Waals surface area contributed by atoms with Crippen LogP contribution in [0, 0.1) is 5.41 Å². The van der Waals surface area contributed by atoms with Gasteiger partial charge in [0.2, 0.25) is 11.8 Å².